The molecule has 0 aliphatic rings. The number of nitrogens with zero attached hydrogens (tertiary/aromatic N) is 1. The molecule has 1 N–H and O–H groups in total. The van der Waals surface area contributed by atoms with E-state index in [1.165, 1.54) is 22.5 Å². The Labute approximate surface area is 180 Å². The molecule has 4 nitrogen and oxygen atoms in total. The monoisotopic (exact) mass is 414 g/mol. The van der Waals surface area contributed by atoms with Crippen molar-refractivity contribution in [3.8, 4) is 28.1 Å². The van der Waals surface area contributed by atoms with Crippen LogP contribution in [0.3, 0.4) is 0 Å². The molecule has 0 aliphatic carbocycles. The van der Waals surface area contributed by atoms with E-state index in [0.29, 0.717) is 10.9 Å². The molecule has 0 bridgehead atoms. The maximum atomic E-state index is 12.2. The van der Waals surface area contributed by atoms with Crippen molar-refractivity contribution in [2.45, 2.75) is 13.8 Å². The maximum Gasteiger partial charge on any atom is 0.264 e. The van der Waals surface area contributed by atoms with Gasteiger partial charge in [-0.05, 0) is 37.1 Å². The topological polar surface area (TPSA) is 51.2 Å². The number of carbonyl (C=O) groups is 1. The fraction of sp³-hybridized carbons (Fsp3) is 0.120. The van der Waals surface area contributed by atoms with Crippen LogP contribution >= 0.6 is 11.3 Å². The molecule has 4 rings (SSSR count). The van der Waals surface area contributed by atoms with E-state index in [2.05, 4.69) is 41.5 Å². The average Bonchev–Trinajstić information content (AvgIpc) is 3.22. The van der Waals surface area contributed by atoms with Crippen LogP contribution in [0.2, 0.25) is 0 Å². The fourth-order valence-electron chi connectivity index (χ4n) is 2.98. The second kappa shape index (κ2) is 8.93. The van der Waals surface area contributed by atoms with Crippen LogP contribution < -0.4 is 10.1 Å². The van der Waals surface area contributed by atoms with E-state index in [1.807, 2.05) is 60.8 Å². The van der Waals surface area contributed by atoms with E-state index < -0.39 is 0 Å². The summed E-state index contributed by atoms with van der Waals surface area (Å²) >= 11 is 1.40. The number of amides is 1. The summed E-state index contributed by atoms with van der Waals surface area (Å²) in [6.07, 6.45) is 0. The van der Waals surface area contributed by atoms with Crippen LogP contribution in [0.15, 0.2) is 78.2 Å². The molecule has 0 saturated heterocycles. The maximum absolute atomic E-state index is 12.2. The molecular weight excluding hydrogens is 392 g/mol. The van der Waals surface area contributed by atoms with Gasteiger partial charge in [0.1, 0.15) is 5.75 Å². The Hall–Kier alpha value is -3.44. The number of thiazole rings is 1. The van der Waals surface area contributed by atoms with Crippen LogP contribution in [0.5, 0.6) is 5.75 Å². The molecular formula is C25H22N2O2S. The third kappa shape index (κ3) is 4.93. The van der Waals surface area contributed by atoms with Crippen LogP contribution in [0, 0.1) is 13.8 Å². The summed E-state index contributed by atoms with van der Waals surface area (Å²) in [6, 6.07) is 24.3. The largest absolute Gasteiger partial charge is 0.484 e. The first-order valence-corrected chi connectivity index (χ1v) is 10.6. The van der Waals surface area contributed by atoms with Crippen molar-refractivity contribution < 1.29 is 9.53 Å². The van der Waals surface area contributed by atoms with Gasteiger partial charge in [-0.15, -0.1) is 11.3 Å². The lowest BCUT2D eigenvalue weighted by molar-refractivity contribution is -0.118. The quantitative estimate of drug-likeness (QED) is 0.414. The molecule has 3 aromatic carbocycles. The first-order chi connectivity index (χ1) is 14.6. The molecule has 150 valence electrons. The average molecular weight is 415 g/mol. The molecule has 0 radical (unpaired) electrons. The summed E-state index contributed by atoms with van der Waals surface area (Å²) in [5.41, 5.74) is 6.57. The molecule has 1 amide bonds. The van der Waals surface area contributed by atoms with Crippen molar-refractivity contribution in [2.75, 3.05) is 11.9 Å². The Morgan fingerprint density at radius 3 is 1.97 bits per heavy atom. The Morgan fingerprint density at radius 2 is 1.37 bits per heavy atom. The smallest absolute Gasteiger partial charge is 0.264 e. The molecule has 5 heteroatoms. The Morgan fingerprint density at radius 1 is 0.833 bits per heavy atom. The highest BCUT2D eigenvalue weighted by molar-refractivity contribution is 7.14. The van der Waals surface area contributed by atoms with Crippen molar-refractivity contribution in [2.24, 2.45) is 0 Å². The number of benzene rings is 3. The summed E-state index contributed by atoms with van der Waals surface area (Å²) < 4.78 is 5.62. The van der Waals surface area contributed by atoms with E-state index >= 15 is 0 Å². The molecule has 4 aromatic rings. The fourth-order valence-corrected chi connectivity index (χ4v) is 3.72. The zero-order valence-electron chi connectivity index (χ0n) is 16.9. The lowest BCUT2D eigenvalue weighted by atomic mass is 10.0. The van der Waals surface area contributed by atoms with Crippen molar-refractivity contribution >= 4 is 22.4 Å². The summed E-state index contributed by atoms with van der Waals surface area (Å²) in [5.74, 6) is 0.419. The molecule has 30 heavy (non-hydrogen) atoms. The standard InChI is InChI=1S/C25H22N2O2S/c1-17-3-7-19(8-4-17)20-11-13-22(14-12-20)29-15-24(28)27-25-26-23(16-30-25)21-9-5-18(2)6-10-21/h3-14,16H,15H2,1-2H3,(H,26,27,28). The third-order valence-corrected chi connectivity index (χ3v) is 5.46. The van der Waals surface area contributed by atoms with Gasteiger partial charge >= 0.3 is 0 Å². The van der Waals surface area contributed by atoms with Gasteiger partial charge < -0.3 is 4.74 Å². The first kappa shape index (κ1) is 19.9. The predicted octanol–water partition coefficient (Wildman–Crippen LogP) is 6.11. The highest BCUT2D eigenvalue weighted by Crippen LogP contribution is 2.25. The number of aromatic nitrogens is 1. The van der Waals surface area contributed by atoms with Gasteiger partial charge in [-0.3, -0.25) is 10.1 Å². The minimum atomic E-state index is -0.234. The minimum absolute atomic E-state index is 0.0661. The van der Waals surface area contributed by atoms with Gasteiger partial charge in [0.2, 0.25) is 0 Å². The number of ether oxygens (including phenoxy) is 1. The summed E-state index contributed by atoms with van der Waals surface area (Å²) in [7, 11) is 0. The molecule has 1 heterocycles. The van der Waals surface area contributed by atoms with Gasteiger partial charge in [0, 0.05) is 10.9 Å². The molecule has 0 atom stereocenters. The number of rotatable bonds is 6. The SMILES string of the molecule is Cc1ccc(-c2ccc(OCC(=O)Nc3nc(-c4ccc(C)cc4)cs3)cc2)cc1. The minimum Gasteiger partial charge on any atom is -0.484 e. The van der Waals surface area contributed by atoms with Crippen LogP contribution in [0.4, 0.5) is 5.13 Å². The summed E-state index contributed by atoms with van der Waals surface area (Å²) in [5, 5.41) is 5.30. The van der Waals surface area contributed by atoms with Crippen LogP contribution in [-0.4, -0.2) is 17.5 Å². The highest BCUT2D eigenvalue weighted by atomic mass is 32.1. The lowest BCUT2D eigenvalue weighted by Gasteiger charge is -2.07. The highest BCUT2D eigenvalue weighted by Gasteiger charge is 2.09. The number of nitrogens with one attached hydrogen (secondary N) is 1. The van der Waals surface area contributed by atoms with E-state index in [0.717, 1.165) is 22.4 Å². The Balaban J connectivity index is 1.31. The van der Waals surface area contributed by atoms with Gasteiger partial charge in [0.25, 0.3) is 5.91 Å². The van der Waals surface area contributed by atoms with Crippen LogP contribution in [-0.2, 0) is 4.79 Å². The summed E-state index contributed by atoms with van der Waals surface area (Å²) in [6.45, 7) is 4.05. The predicted molar refractivity (Wildman–Crippen MR) is 123 cm³/mol. The van der Waals surface area contributed by atoms with E-state index in [9.17, 15) is 4.79 Å². The first-order valence-electron chi connectivity index (χ1n) is 9.69. The Kier molecular flexibility index (Phi) is 5.91. The second-order valence-corrected chi connectivity index (χ2v) is 7.99. The number of anilines is 1. The van der Waals surface area contributed by atoms with Crippen molar-refractivity contribution in [3.05, 3.63) is 89.3 Å². The van der Waals surface area contributed by atoms with Crippen LogP contribution in [0.1, 0.15) is 11.1 Å². The van der Waals surface area contributed by atoms with Crippen molar-refractivity contribution in [1.82, 2.24) is 4.98 Å². The Bertz CT molecular complexity index is 1130. The van der Waals surface area contributed by atoms with E-state index in [1.54, 1.807) is 0 Å². The normalized spacial score (nSPS) is 10.6. The van der Waals surface area contributed by atoms with Gasteiger partial charge in [-0.1, -0.05) is 71.8 Å². The van der Waals surface area contributed by atoms with Gasteiger partial charge in [-0.25, -0.2) is 4.98 Å². The van der Waals surface area contributed by atoms with Crippen molar-refractivity contribution in [3.63, 3.8) is 0 Å². The van der Waals surface area contributed by atoms with Gasteiger partial charge in [0.15, 0.2) is 11.7 Å². The van der Waals surface area contributed by atoms with Crippen molar-refractivity contribution in [1.29, 1.82) is 0 Å². The summed E-state index contributed by atoms with van der Waals surface area (Å²) in [4.78, 5) is 16.7. The number of hydrogen-bond acceptors (Lipinski definition) is 4. The van der Waals surface area contributed by atoms with Crippen LogP contribution in [0.25, 0.3) is 22.4 Å². The number of hydrogen-bond donors (Lipinski definition) is 1. The molecule has 0 unspecified atom stereocenters. The zero-order chi connectivity index (χ0) is 20.9. The van der Waals surface area contributed by atoms with E-state index in [4.69, 9.17) is 4.74 Å². The number of carbonyl (C=O) groups excluding carboxylic acids is 1. The van der Waals surface area contributed by atoms with Gasteiger partial charge in [0.05, 0.1) is 5.69 Å². The lowest BCUT2D eigenvalue weighted by Crippen LogP contribution is -2.20. The number of aryl methyl sites for hydroxylation is 2. The molecule has 0 saturated carbocycles. The molecule has 0 aliphatic heterocycles. The third-order valence-electron chi connectivity index (χ3n) is 4.71. The molecule has 0 spiro atoms. The zero-order valence-corrected chi connectivity index (χ0v) is 17.7. The van der Waals surface area contributed by atoms with E-state index in [-0.39, 0.29) is 12.5 Å². The molecule has 1 aromatic heterocycles. The molecule has 0 fully saturated rings. The second-order valence-electron chi connectivity index (χ2n) is 7.13. The van der Waals surface area contributed by atoms with Gasteiger partial charge in [-0.2, -0.15) is 0 Å².